The predicted octanol–water partition coefficient (Wildman–Crippen LogP) is 3.07. The first kappa shape index (κ1) is 14.3. The van der Waals surface area contributed by atoms with Gasteiger partial charge in [-0.3, -0.25) is 4.79 Å². The molecule has 1 aromatic heterocycles. The number of amides is 1. The summed E-state index contributed by atoms with van der Waals surface area (Å²) in [4.78, 5) is 18.0. The second-order valence-electron chi connectivity index (χ2n) is 4.58. The van der Waals surface area contributed by atoms with Gasteiger partial charge < -0.3 is 5.32 Å². The van der Waals surface area contributed by atoms with Crippen LogP contribution in [0.2, 0.25) is 0 Å². The van der Waals surface area contributed by atoms with Crippen LogP contribution in [0.25, 0.3) is 0 Å². The molecule has 2 aromatic carbocycles. The van der Waals surface area contributed by atoms with Crippen molar-refractivity contribution >= 4 is 23.4 Å². The Balaban J connectivity index is 1.65. The van der Waals surface area contributed by atoms with Gasteiger partial charge in [-0.05, 0) is 30.3 Å². The maximum absolute atomic E-state index is 11.9. The molecule has 0 radical (unpaired) electrons. The summed E-state index contributed by atoms with van der Waals surface area (Å²) in [6.45, 7) is 0.149. The first-order valence-corrected chi connectivity index (χ1v) is 7.56. The zero-order valence-electron chi connectivity index (χ0n) is 11.7. The highest BCUT2D eigenvalue weighted by Gasteiger charge is 2.05. The van der Waals surface area contributed by atoms with E-state index in [1.165, 1.54) is 17.3 Å². The number of benzene rings is 2. The Bertz CT molecular complexity index is 744. The fourth-order valence-corrected chi connectivity index (χ4v) is 2.82. The molecule has 0 saturated carbocycles. The fraction of sp³-hybridized carbons (Fsp3) is 0.0625. The quantitative estimate of drug-likeness (QED) is 0.787. The first-order valence-electron chi connectivity index (χ1n) is 6.75. The molecule has 0 aliphatic rings. The van der Waals surface area contributed by atoms with E-state index in [-0.39, 0.29) is 12.5 Å². The van der Waals surface area contributed by atoms with Gasteiger partial charge in [0.1, 0.15) is 19.2 Å². The summed E-state index contributed by atoms with van der Waals surface area (Å²) in [5.41, 5.74) is 0.769. The molecule has 6 heteroatoms. The van der Waals surface area contributed by atoms with Crippen molar-refractivity contribution in [1.29, 1.82) is 0 Å². The van der Waals surface area contributed by atoms with Crippen LogP contribution in [0, 0.1) is 0 Å². The van der Waals surface area contributed by atoms with Crippen LogP contribution >= 0.6 is 11.8 Å². The zero-order valence-corrected chi connectivity index (χ0v) is 12.5. The van der Waals surface area contributed by atoms with Gasteiger partial charge in [0.05, 0.1) is 0 Å². The van der Waals surface area contributed by atoms with Crippen molar-refractivity contribution in [3.63, 3.8) is 0 Å². The van der Waals surface area contributed by atoms with E-state index in [1.807, 2.05) is 42.5 Å². The molecular weight excluding hydrogens is 296 g/mol. The van der Waals surface area contributed by atoms with Crippen LogP contribution in [0.3, 0.4) is 0 Å². The van der Waals surface area contributed by atoms with Crippen LogP contribution in [-0.4, -0.2) is 20.7 Å². The second kappa shape index (κ2) is 6.91. The highest BCUT2D eigenvalue weighted by atomic mass is 32.2. The van der Waals surface area contributed by atoms with E-state index >= 15 is 0 Å². The highest BCUT2D eigenvalue weighted by Crippen LogP contribution is 2.28. The summed E-state index contributed by atoms with van der Waals surface area (Å²) in [5, 5.41) is 6.78. The number of rotatable bonds is 5. The van der Waals surface area contributed by atoms with E-state index in [1.54, 1.807) is 11.8 Å². The molecule has 3 aromatic rings. The van der Waals surface area contributed by atoms with Gasteiger partial charge in [-0.15, -0.1) is 0 Å². The van der Waals surface area contributed by atoms with E-state index in [2.05, 4.69) is 27.5 Å². The molecule has 5 nitrogen and oxygen atoms in total. The Labute approximate surface area is 132 Å². The predicted molar refractivity (Wildman–Crippen MR) is 85.7 cm³/mol. The van der Waals surface area contributed by atoms with Gasteiger partial charge in [0, 0.05) is 15.5 Å². The maximum Gasteiger partial charge on any atom is 0.246 e. The summed E-state index contributed by atoms with van der Waals surface area (Å²) in [7, 11) is 0. The van der Waals surface area contributed by atoms with Crippen molar-refractivity contribution in [2.75, 3.05) is 5.32 Å². The third kappa shape index (κ3) is 3.95. The monoisotopic (exact) mass is 310 g/mol. The third-order valence-corrected chi connectivity index (χ3v) is 3.87. The average Bonchev–Trinajstić information content (AvgIpc) is 3.01. The molecular formula is C16H14N4OS. The molecule has 0 aliphatic carbocycles. The third-order valence-electron chi connectivity index (χ3n) is 2.87. The van der Waals surface area contributed by atoms with Gasteiger partial charge in [-0.25, -0.2) is 9.67 Å². The molecule has 0 atom stereocenters. The number of nitrogens with one attached hydrogen (secondary N) is 1. The minimum atomic E-state index is -0.132. The van der Waals surface area contributed by atoms with Gasteiger partial charge in [0.15, 0.2) is 0 Å². The SMILES string of the molecule is O=C(Cn1cncn1)Nc1cccc(Sc2ccccc2)c1. The van der Waals surface area contributed by atoms with Crippen molar-refractivity contribution in [2.45, 2.75) is 16.3 Å². The minimum absolute atomic E-state index is 0.132. The Morgan fingerprint density at radius 2 is 1.91 bits per heavy atom. The van der Waals surface area contributed by atoms with E-state index < -0.39 is 0 Å². The van der Waals surface area contributed by atoms with Crippen LogP contribution in [0.4, 0.5) is 5.69 Å². The van der Waals surface area contributed by atoms with Gasteiger partial charge in [-0.1, -0.05) is 36.0 Å². The molecule has 3 rings (SSSR count). The molecule has 1 amide bonds. The van der Waals surface area contributed by atoms with Crippen molar-refractivity contribution in [1.82, 2.24) is 14.8 Å². The number of carbonyl (C=O) groups is 1. The van der Waals surface area contributed by atoms with E-state index in [9.17, 15) is 4.79 Å². The summed E-state index contributed by atoms with van der Waals surface area (Å²) in [6.07, 6.45) is 2.92. The molecule has 0 bridgehead atoms. The standard InChI is InChI=1S/C16H14N4OS/c21-16(10-20-12-17-11-18-20)19-13-5-4-8-15(9-13)22-14-6-2-1-3-7-14/h1-9,11-12H,10H2,(H,19,21). The molecule has 110 valence electrons. The van der Waals surface area contributed by atoms with Crippen LogP contribution in [0.1, 0.15) is 0 Å². The van der Waals surface area contributed by atoms with Gasteiger partial charge in [0.2, 0.25) is 5.91 Å². The zero-order chi connectivity index (χ0) is 15.2. The topological polar surface area (TPSA) is 59.8 Å². The van der Waals surface area contributed by atoms with Crippen LogP contribution in [0.15, 0.2) is 77.0 Å². The lowest BCUT2D eigenvalue weighted by Crippen LogP contribution is -2.18. The Morgan fingerprint density at radius 3 is 2.68 bits per heavy atom. The summed E-state index contributed by atoms with van der Waals surface area (Å²) in [6, 6.07) is 17.9. The molecule has 1 heterocycles. The average molecular weight is 310 g/mol. The Hall–Kier alpha value is -2.60. The normalized spacial score (nSPS) is 10.4. The molecule has 22 heavy (non-hydrogen) atoms. The first-order chi connectivity index (χ1) is 10.8. The molecule has 0 saturated heterocycles. The summed E-state index contributed by atoms with van der Waals surface area (Å²) in [5.74, 6) is -0.132. The molecule has 0 unspecified atom stereocenters. The number of nitrogens with zero attached hydrogens (tertiary/aromatic N) is 3. The van der Waals surface area contributed by atoms with Crippen LogP contribution < -0.4 is 5.32 Å². The molecule has 0 aliphatic heterocycles. The smallest absolute Gasteiger partial charge is 0.246 e. The lowest BCUT2D eigenvalue weighted by Gasteiger charge is -2.07. The van der Waals surface area contributed by atoms with E-state index in [4.69, 9.17) is 0 Å². The van der Waals surface area contributed by atoms with Crippen molar-refractivity contribution in [3.05, 3.63) is 67.3 Å². The van der Waals surface area contributed by atoms with E-state index in [0.29, 0.717) is 0 Å². The number of carbonyl (C=O) groups excluding carboxylic acids is 1. The lowest BCUT2D eigenvalue weighted by atomic mass is 10.3. The van der Waals surface area contributed by atoms with Gasteiger partial charge in [0.25, 0.3) is 0 Å². The minimum Gasteiger partial charge on any atom is -0.324 e. The van der Waals surface area contributed by atoms with Crippen molar-refractivity contribution < 1.29 is 4.79 Å². The van der Waals surface area contributed by atoms with Gasteiger partial charge >= 0.3 is 0 Å². The highest BCUT2D eigenvalue weighted by molar-refractivity contribution is 7.99. The Morgan fingerprint density at radius 1 is 1.09 bits per heavy atom. The number of hydrogen-bond acceptors (Lipinski definition) is 4. The van der Waals surface area contributed by atoms with Crippen LogP contribution in [-0.2, 0) is 11.3 Å². The Kier molecular flexibility index (Phi) is 4.50. The lowest BCUT2D eigenvalue weighted by molar-refractivity contribution is -0.116. The van der Waals surface area contributed by atoms with Crippen molar-refractivity contribution in [2.24, 2.45) is 0 Å². The van der Waals surface area contributed by atoms with Gasteiger partial charge in [-0.2, -0.15) is 5.10 Å². The largest absolute Gasteiger partial charge is 0.324 e. The second-order valence-corrected chi connectivity index (χ2v) is 5.73. The number of anilines is 1. The number of hydrogen-bond donors (Lipinski definition) is 1. The van der Waals surface area contributed by atoms with E-state index in [0.717, 1.165) is 15.5 Å². The van der Waals surface area contributed by atoms with Crippen LogP contribution in [0.5, 0.6) is 0 Å². The molecule has 0 spiro atoms. The van der Waals surface area contributed by atoms with Crippen molar-refractivity contribution in [3.8, 4) is 0 Å². The number of aromatic nitrogens is 3. The maximum atomic E-state index is 11.9. The molecule has 1 N–H and O–H groups in total. The summed E-state index contributed by atoms with van der Waals surface area (Å²) < 4.78 is 1.48. The summed E-state index contributed by atoms with van der Waals surface area (Å²) >= 11 is 1.66. The fourth-order valence-electron chi connectivity index (χ4n) is 1.92. The molecule has 0 fully saturated rings.